The maximum atomic E-state index is 2.59. The molecular formula is C16H26. The van der Waals surface area contributed by atoms with E-state index in [1.165, 1.54) is 12.8 Å². The van der Waals surface area contributed by atoms with Gasteiger partial charge in [-0.15, -0.1) is 0 Å². The zero-order chi connectivity index (χ0) is 11.3. The number of rotatable bonds is 1. The molecule has 4 aliphatic carbocycles. The van der Waals surface area contributed by atoms with Crippen molar-refractivity contribution in [3.63, 3.8) is 0 Å². The van der Waals surface area contributed by atoms with Crippen molar-refractivity contribution in [1.82, 2.24) is 0 Å². The van der Waals surface area contributed by atoms with Gasteiger partial charge in [-0.1, -0.05) is 27.7 Å². The van der Waals surface area contributed by atoms with Gasteiger partial charge in [0.1, 0.15) is 0 Å². The maximum Gasteiger partial charge on any atom is -0.0171 e. The molecule has 6 unspecified atom stereocenters. The van der Waals surface area contributed by atoms with E-state index in [2.05, 4.69) is 27.7 Å². The molecule has 4 rings (SSSR count). The Bertz CT molecular complexity index is 355. The van der Waals surface area contributed by atoms with Gasteiger partial charge in [0.25, 0.3) is 0 Å². The van der Waals surface area contributed by atoms with Crippen LogP contribution in [0.3, 0.4) is 0 Å². The van der Waals surface area contributed by atoms with Gasteiger partial charge in [0.05, 0.1) is 0 Å². The van der Waals surface area contributed by atoms with Crippen molar-refractivity contribution in [3.05, 3.63) is 0 Å². The van der Waals surface area contributed by atoms with Crippen LogP contribution in [0.25, 0.3) is 0 Å². The Morgan fingerprint density at radius 3 is 2.38 bits per heavy atom. The molecule has 0 aromatic carbocycles. The second kappa shape index (κ2) is 2.40. The van der Waals surface area contributed by atoms with E-state index in [4.69, 9.17) is 0 Å². The van der Waals surface area contributed by atoms with Gasteiger partial charge in [0, 0.05) is 0 Å². The summed E-state index contributed by atoms with van der Waals surface area (Å²) in [6.07, 6.45) is 7.71. The zero-order valence-electron chi connectivity index (χ0n) is 11.3. The van der Waals surface area contributed by atoms with E-state index in [0.717, 1.165) is 34.5 Å². The Kier molecular flexibility index (Phi) is 1.50. The van der Waals surface area contributed by atoms with Crippen molar-refractivity contribution in [2.24, 2.45) is 39.9 Å². The molecule has 0 bridgehead atoms. The van der Waals surface area contributed by atoms with Gasteiger partial charge in [0.2, 0.25) is 0 Å². The summed E-state index contributed by atoms with van der Waals surface area (Å²) in [6.45, 7) is 10.2. The van der Waals surface area contributed by atoms with E-state index in [-0.39, 0.29) is 0 Å². The fourth-order valence-electron chi connectivity index (χ4n) is 7.28. The van der Waals surface area contributed by atoms with Crippen LogP contribution in [0.5, 0.6) is 0 Å². The van der Waals surface area contributed by atoms with Crippen molar-refractivity contribution < 1.29 is 0 Å². The summed E-state index contributed by atoms with van der Waals surface area (Å²) in [5.41, 5.74) is 2.24. The topological polar surface area (TPSA) is 0 Å². The van der Waals surface area contributed by atoms with E-state index in [1.807, 2.05) is 0 Å². The normalized spacial score (nSPS) is 64.5. The van der Waals surface area contributed by atoms with E-state index in [0.29, 0.717) is 5.41 Å². The first-order valence-corrected chi connectivity index (χ1v) is 7.48. The molecule has 0 N–H and O–H groups in total. The van der Waals surface area contributed by atoms with E-state index in [1.54, 1.807) is 19.3 Å². The molecule has 0 nitrogen and oxygen atoms in total. The molecule has 0 radical (unpaired) electrons. The van der Waals surface area contributed by atoms with Crippen LogP contribution in [-0.4, -0.2) is 0 Å². The molecule has 0 aromatic heterocycles. The lowest BCUT2D eigenvalue weighted by Gasteiger charge is -2.71. The quantitative estimate of drug-likeness (QED) is 0.608. The monoisotopic (exact) mass is 218 g/mol. The summed E-state index contributed by atoms with van der Waals surface area (Å²) in [5, 5.41) is 0. The second-order valence-electron chi connectivity index (χ2n) is 8.17. The molecule has 0 saturated heterocycles. The van der Waals surface area contributed by atoms with Crippen molar-refractivity contribution in [1.29, 1.82) is 0 Å². The SMILES string of the molecule is CCC12CC3CC31C1C(C)CC1CC2(C)C. The average Bonchev–Trinajstić information content (AvgIpc) is 2.73. The van der Waals surface area contributed by atoms with E-state index < -0.39 is 0 Å². The smallest absolute Gasteiger partial charge is 0.0171 e. The van der Waals surface area contributed by atoms with Crippen LogP contribution in [0.1, 0.15) is 59.8 Å². The third kappa shape index (κ3) is 0.703. The summed E-state index contributed by atoms with van der Waals surface area (Å²) in [6, 6.07) is 0. The summed E-state index contributed by atoms with van der Waals surface area (Å²) < 4.78 is 0. The molecule has 0 heterocycles. The first kappa shape index (κ1) is 9.97. The van der Waals surface area contributed by atoms with Crippen LogP contribution in [0, 0.1) is 39.9 Å². The lowest BCUT2D eigenvalue weighted by atomic mass is 9.33. The number of hydrogen-bond acceptors (Lipinski definition) is 0. The fourth-order valence-corrected chi connectivity index (χ4v) is 7.28. The average molecular weight is 218 g/mol. The van der Waals surface area contributed by atoms with Crippen LogP contribution < -0.4 is 0 Å². The van der Waals surface area contributed by atoms with Crippen LogP contribution in [0.2, 0.25) is 0 Å². The highest BCUT2D eigenvalue weighted by molar-refractivity contribution is 5.32. The molecule has 6 atom stereocenters. The highest BCUT2D eigenvalue weighted by Gasteiger charge is 2.84. The molecule has 4 saturated carbocycles. The summed E-state index contributed by atoms with van der Waals surface area (Å²) in [5.74, 6) is 4.45. The van der Waals surface area contributed by atoms with E-state index >= 15 is 0 Å². The molecule has 0 amide bonds. The Morgan fingerprint density at radius 2 is 1.88 bits per heavy atom. The lowest BCUT2D eigenvalue weighted by Crippen LogP contribution is -2.65. The molecule has 0 aromatic rings. The van der Waals surface area contributed by atoms with Crippen molar-refractivity contribution in [2.75, 3.05) is 0 Å². The van der Waals surface area contributed by atoms with Crippen LogP contribution in [0.15, 0.2) is 0 Å². The van der Waals surface area contributed by atoms with Crippen LogP contribution in [-0.2, 0) is 0 Å². The first-order valence-electron chi connectivity index (χ1n) is 7.48. The summed E-state index contributed by atoms with van der Waals surface area (Å²) >= 11 is 0. The summed E-state index contributed by atoms with van der Waals surface area (Å²) in [4.78, 5) is 0. The highest BCUT2D eigenvalue weighted by Crippen LogP contribution is 2.91. The molecule has 90 valence electrons. The third-order valence-corrected chi connectivity index (χ3v) is 7.70. The minimum absolute atomic E-state index is 0.635. The summed E-state index contributed by atoms with van der Waals surface area (Å²) in [7, 11) is 0. The van der Waals surface area contributed by atoms with Gasteiger partial charge < -0.3 is 0 Å². The van der Waals surface area contributed by atoms with E-state index in [9.17, 15) is 0 Å². The molecule has 1 spiro atoms. The predicted octanol–water partition coefficient (Wildman–Crippen LogP) is 4.49. The maximum absolute atomic E-state index is 2.59. The lowest BCUT2D eigenvalue weighted by molar-refractivity contribution is -0.231. The standard InChI is InChI=1S/C16H26/c1-5-15-8-12-9-16(12,15)13-10(2)6-11(13)7-14(15,3)4/h10-13H,5-9H2,1-4H3. The van der Waals surface area contributed by atoms with Gasteiger partial charge in [-0.3, -0.25) is 0 Å². The fraction of sp³-hybridized carbons (Fsp3) is 1.00. The first-order chi connectivity index (χ1) is 7.48. The zero-order valence-corrected chi connectivity index (χ0v) is 11.3. The van der Waals surface area contributed by atoms with Gasteiger partial charge in [-0.05, 0) is 72.0 Å². The molecule has 0 heteroatoms. The Labute approximate surface area is 100 Å². The molecular weight excluding hydrogens is 192 g/mol. The minimum atomic E-state index is 0.635. The highest BCUT2D eigenvalue weighted by atomic mass is 14.9. The van der Waals surface area contributed by atoms with Gasteiger partial charge in [-0.2, -0.15) is 0 Å². The molecule has 4 fully saturated rings. The Hall–Kier alpha value is 0. The third-order valence-electron chi connectivity index (χ3n) is 7.70. The predicted molar refractivity (Wildman–Crippen MR) is 67.0 cm³/mol. The van der Waals surface area contributed by atoms with Crippen LogP contribution in [0.4, 0.5) is 0 Å². The Morgan fingerprint density at radius 1 is 1.12 bits per heavy atom. The van der Waals surface area contributed by atoms with Gasteiger partial charge in [-0.25, -0.2) is 0 Å². The minimum Gasteiger partial charge on any atom is -0.0648 e. The number of hydrogen-bond donors (Lipinski definition) is 0. The number of fused-ring (bicyclic) bond motifs is 1. The van der Waals surface area contributed by atoms with Crippen LogP contribution >= 0.6 is 0 Å². The largest absolute Gasteiger partial charge is 0.0648 e. The second-order valence-corrected chi connectivity index (χ2v) is 8.17. The Balaban J connectivity index is 1.81. The molecule has 4 aliphatic rings. The molecule has 0 aliphatic heterocycles. The molecule has 16 heavy (non-hydrogen) atoms. The van der Waals surface area contributed by atoms with Gasteiger partial charge >= 0.3 is 0 Å². The van der Waals surface area contributed by atoms with Crippen molar-refractivity contribution >= 4 is 0 Å². The van der Waals surface area contributed by atoms with Crippen molar-refractivity contribution in [3.8, 4) is 0 Å². The van der Waals surface area contributed by atoms with Crippen molar-refractivity contribution in [2.45, 2.75) is 59.8 Å². The van der Waals surface area contributed by atoms with Gasteiger partial charge in [0.15, 0.2) is 0 Å².